The maximum Gasteiger partial charge on any atom is 0.122 e. The van der Waals surface area contributed by atoms with Gasteiger partial charge in [-0.05, 0) is 30.4 Å². The van der Waals surface area contributed by atoms with Gasteiger partial charge in [-0.25, -0.2) is 0 Å². The van der Waals surface area contributed by atoms with Gasteiger partial charge >= 0.3 is 0 Å². The number of para-hydroxylation sites is 1. The van der Waals surface area contributed by atoms with Crippen molar-refractivity contribution in [2.45, 2.75) is 18.9 Å². The number of rotatable bonds is 1. The summed E-state index contributed by atoms with van der Waals surface area (Å²) in [4.78, 5) is 0. The van der Waals surface area contributed by atoms with Crippen molar-refractivity contribution in [3.63, 3.8) is 0 Å². The summed E-state index contributed by atoms with van der Waals surface area (Å²) in [5.74, 6) is 2.43. The van der Waals surface area contributed by atoms with E-state index in [-0.39, 0.29) is 0 Å². The lowest BCUT2D eigenvalue weighted by molar-refractivity contribution is 0.203. The molecule has 74 valence electrons. The van der Waals surface area contributed by atoms with E-state index in [1.165, 1.54) is 12.0 Å². The van der Waals surface area contributed by atoms with Gasteiger partial charge in [-0.15, -0.1) is 0 Å². The summed E-state index contributed by atoms with van der Waals surface area (Å²) in [6.07, 6.45) is 2.34. The maximum atomic E-state index is 5.86. The zero-order valence-corrected chi connectivity index (χ0v) is 8.15. The highest BCUT2D eigenvalue weighted by Crippen LogP contribution is 2.41. The monoisotopic (exact) mass is 189 g/mol. The second-order valence-corrected chi connectivity index (χ2v) is 4.45. The second kappa shape index (κ2) is 2.99. The third kappa shape index (κ3) is 1.30. The highest BCUT2D eigenvalue weighted by atomic mass is 16.5. The Morgan fingerprint density at radius 2 is 2.07 bits per heavy atom. The van der Waals surface area contributed by atoms with Crippen LogP contribution >= 0.6 is 0 Å². The molecule has 0 amide bonds. The topological polar surface area (TPSA) is 35.2 Å². The molecule has 1 fully saturated rings. The molecule has 0 bridgehead atoms. The molecule has 1 unspecified atom stereocenters. The molecule has 1 aliphatic carbocycles. The van der Waals surface area contributed by atoms with Crippen molar-refractivity contribution < 1.29 is 4.74 Å². The Bertz CT molecular complexity index is 350. The summed E-state index contributed by atoms with van der Waals surface area (Å²) in [5, 5.41) is 0. The van der Waals surface area contributed by atoms with E-state index in [2.05, 4.69) is 18.2 Å². The third-order valence-corrected chi connectivity index (χ3v) is 3.40. The Morgan fingerprint density at radius 1 is 1.29 bits per heavy atom. The Hall–Kier alpha value is -1.02. The van der Waals surface area contributed by atoms with Crippen molar-refractivity contribution in [3.8, 4) is 5.75 Å². The first-order valence-corrected chi connectivity index (χ1v) is 5.31. The fourth-order valence-electron chi connectivity index (χ4n) is 2.40. The standard InChI is InChI=1S/C12H15NO/c13-11-6-10(11)9-5-8-3-1-2-4-12(8)14-7-9/h1-4,9-11H,5-7,13H2/t9?,10-,11+/m0/s1. The van der Waals surface area contributed by atoms with Gasteiger partial charge in [0.05, 0.1) is 6.61 Å². The van der Waals surface area contributed by atoms with Crippen LogP contribution in [0.4, 0.5) is 0 Å². The number of hydrogen-bond acceptors (Lipinski definition) is 2. The van der Waals surface area contributed by atoms with Gasteiger partial charge in [0.1, 0.15) is 5.75 Å². The minimum Gasteiger partial charge on any atom is -0.493 e. The zero-order valence-electron chi connectivity index (χ0n) is 8.15. The van der Waals surface area contributed by atoms with Gasteiger partial charge in [-0.1, -0.05) is 18.2 Å². The Balaban J connectivity index is 1.80. The molecule has 14 heavy (non-hydrogen) atoms. The highest BCUT2D eigenvalue weighted by Gasteiger charge is 2.41. The molecule has 1 aromatic rings. The second-order valence-electron chi connectivity index (χ2n) is 4.45. The molecule has 0 aromatic heterocycles. The number of hydrogen-bond donors (Lipinski definition) is 1. The van der Waals surface area contributed by atoms with E-state index in [4.69, 9.17) is 10.5 Å². The zero-order chi connectivity index (χ0) is 9.54. The lowest BCUT2D eigenvalue weighted by Gasteiger charge is -2.25. The van der Waals surface area contributed by atoms with E-state index >= 15 is 0 Å². The number of ether oxygens (including phenoxy) is 1. The molecule has 1 saturated carbocycles. The van der Waals surface area contributed by atoms with Crippen LogP contribution in [0.25, 0.3) is 0 Å². The van der Waals surface area contributed by atoms with Gasteiger partial charge < -0.3 is 10.5 Å². The van der Waals surface area contributed by atoms with E-state index in [9.17, 15) is 0 Å². The quantitative estimate of drug-likeness (QED) is 0.728. The maximum absolute atomic E-state index is 5.86. The Morgan fingerprint density at radius 3 is 2.86 bits per heavy atom. The Labute approximate surface area is 84.1 Å². The number of benzene rings is 1. The van der Waals surface area contributed by atoms with Crippen LogP contribution in [0, 0.1) is 11.8 Å². The summed E-state index contributed by atoms with van der Waals surface area (Å²) >= 11 is 0. The smallest absolute Gasteiger partial charge is 0.122 e. The third-order valence-electron chi connectivity index (χ3n) is 3.40. The van der Waals surface area contributed by atoms with Crippen LogP contribution in [0.2, 0.25) is 0 Å². The minimum absolute atomic E-state index is 0.439. The molecule has 0 radical (unpaired) electrons. The van der Waals surface area contributed by atoms with Crippen LogP contribution in [0.1, 0.15) is 12.0 Å². The van der Waals surface area contributed by atoms with Crippen molar-refractivity contribution in [2.24, 2.45) is 17.6 Å². The average molecular weight is 189 g/mol. The van der Waals surface area contributed by atoms with Crippen LogP contribution in [0.5, 0.6) is 5.75 Å². The van der Waals surface area contributed by atoms with Crippen LogP contribution < -0.4 is 10.5 Å². The van der Waals surface area contributed by atoms with E-state index in [1.54, 1.807) is 0 Å². The summed E-state index contributed by atoms with van der Waals surface area (Å²) in [6.45, 7) is 0.857. The minimum atomic E-state index is 0.439. The van der Waals surface area contributed by atoms with E-state index < -0.39 is 0 Å². The molecule has 3 rings (SSSR count). The molecule has 2 N–H and O–H groups in total. The van der Waals surface area contributed by atoms with Gasteiger partial charge in [0.2, 0.25) is 0 Å². The molecular weight excluding hydrogens is 174 g/mol. The molecule has 3 atom stereocenters. The fourth-order valence-corrected chi connectivity index (χ4v) is 2.40. The lowest BCUT2D eigenvalue weighted by Crippen LogP contribution is -2.24. The first-order chi connectivity index (χ1) is 6.84. The first kappa shape index (κ1) is 8.30. The van der Waals surface area contributed by atoms with Crippen LogP contribution in [-0.4, -0.2) is 12.6 Å². The SMILES string of the molecule is N[C@@H]1C[C@H]1C1COc2ccccc2C1. The van der Waals surface area contributed by atoms with Crippen molar-refractivity contribution >= 4 is 0 Å². The molecule has 0 spiro atoms. The predicted molar refractivity (Wildman–Crippen MR) is 55.2 cm³/mol. The lowest BCUT2D eigenvalue weighted by atomic mass is 9.92. The van der Waals surface area contributed by atoms with E-state index in [0.29, 0.717) is 17.9 Å². The molecule has 0 saturated heterocycles. The molecule has 2 nitrogen and oxygen atoms in total. The van der Waals surface area contributed by atoms with Gasteiger partial charge in [0.25, 0.3) is 0 Å². The average Bonchev–Trinajstić information content (AvgIpc) is 2.95. The van der Waals surface area contributed by atoms with Crippen molar-refractivity contribution in [2.75, 3.05) is 6.61 Å². The summed E-state index contributed by atoms with van der Waals surface area (Å²) in [7, 11) is 0. The number of fused-ring (bicyclic) bond motifs is 1. The van der Waals surface area contributed by atoms with Crippen molar-refractivity contribution in [1.82, 2.24) is 0 Å². The van der Waals surface area contributed by atoms with Crippen LogP contribution in [-0.2, 0) is 6.42 Å². The molecule has 1 aromatic carbocycles. The summed E-state index contributed by atoms with van der Waals surface area (Å²) in [6, 6.07) is 8.77. The van der Waals surface area contributed by atoms with Crippen molar-refractivity contribution in [3.05, 3.63) is 29.8 Å². The largest absolute Gasteiger partial charge is 0.493 e. The number of nitrogens with two attached hydrogens (primary N) is 1. The van der Waals surface area contributed by atoms with Gasteiger partial charge in [-0.2, -0.15) is 0 Å². The van der Waals surface area contributed by atoms with Gasteiger partial charge in [0.15, 0.2) is 0 Å². The predicted octanol–water partition coefficient (Wildman–Crippen LogP) is 1.58. The molecule has 2 heteroatoms. The van der Waals surface area contributed by atoms with Crippen molar-refractivity contribution in [1.29, 1.82) is 0 Å². The highest BCUT2D eigenvalue weighted by molar-refractivity contribution is 5.35. The van der Waals surface area contributed by atoms with Gasteiger partial charge in [-0.3, -0.25) is 0 Å². The summed E-state index contributed by atoms with van der Waals surface area (Å²) in [5.41, 5.74) is 7.21. The van der Waals surface area contributed by atoms with E-state index in [1.807, 2.05) is 6.07 Å². The first-order valence-electron chi connectivity index (χ1n) is 5.31. The Kier molecular flexibility index (Phi) is 1.77. The molecule has 1 aliphatic heterocycles. The molecular formula is C12H15NO. The van der Waals surface area contributed by atoms with Crippen LogP contribution in [0.15, 0.2) is 24.3 Å². The van der Waals surface area contributed by atoms with Crippen LogP contribution in [0.3, 0.4) is 0 Å². The molecule has 2 aliphatic rings. The molecule has 1 heterocycles. The van der Waals surface area contributed by atoms with E-state index in [0.717, 1.165) is 18.8 Å². The van der Waals surface area contributed by atoms with Gasteiger partial charge in [0, 0.05) is 12.0 Å². The fraction of sp³-hybridized carbons (Fsp3) is 0.500. The normalized spacial score (nSPS) is 34.5. The summed E-state index contributed by atoms with van der Waals surface area (Å²) < 4.78 is 5.73.